The number of alkyl halides is 2. The van der Waals surface area contributed by atoms with Crippen molar-refractivity contribution in [3.8, 4) is 0 Å². The summed E-state index contributed by atoms with van der Waals surface area (Å²) in [5.41, 5.74) is -2.81. The first-order chi connectivity index (χ1) is 11.8. The number of carbonyl (C=O) groups excluding carboxylic acids is 2. The van der Waals surface area contributed by atoms with Crippen molar-refractivity contribution in [2.24, 2.45) is 0 Å². The molecule has 1 aliphatic heterocycles. The highest BCUT2D eigenvalue weighted by Crippen LogP contribution is 2.38. The Hall–Kier alpha value is -1.99. The van der Waals surface area contributed by atoms with Crippen LogP contribution < -0.4 is 0 Å². The molecule has 1 unspecified atom stereocenters. The molecule has 1 aromatic heterocycles. The van der Waals surface area contributed by atoms with Crippen molar-refractivity contribution < 1.29 is 22.9 Å². The first kappa shape index (κ1) is 17.8. The van der Waals surface area contributed by atoms with Gasteiger partial charge in [-0.1, -0.05) is 5.16 Å². The summed E-state index contributed by atoms with van der Waals surface area (Å²) in [6.45, 7) is 1.43. The lowest BCUT2D eigenvalue weighted by atomic mass is 9.81. The number of aromatic nitrogens is 1. The van der Waals surface area contributed by atoms with Crippen molar-refractivity contribution in [2.45, 2.75) is 50.4 Å². The van der Waals surface area contributed by atoms with E-state index in [4.69, 9.17) is 4.52 Å². The van der Waals surface area contributed by atoms with Gasteiger partial charge in [-0.05, 0) is 32.6 Å². The minimum absolute atomic E-state index is 0.0987. The maximum absolute atomic E-state index is 14.8. The number of halogens is 2. The predicted molar refractivity (Wildman–Crippen MR) is 85.2 cm³/mol. The van der Waals surface area contributed by atoms with Gasteiger partial charge in [-0.15, -0.1) is 0 Å². The van der Waals surface area contributed by atoms with E-state index in [9.17, 15) is 18.4 Å². The van der Waals surface area contributed by atoms with Gasteiger partial charge in [0.25, 0.3) is 5.91 Å². The Morgan fingerprint density at radius 1 is 1.24 bits per heavy atom. The lowest BCUT2D eigenvalue weighted by Gasteiger charge is -2.37. The van der Waals surface area contributed by atoms with Crippen LogP contribution in [0.1, 0.15) is 38.2 Å². The van der Waals surface area contributed by atoms with E-state index in [1.54, 1.807) is 0 Å². The van der Waals surface area contributed by atoms with E-state index < -0.39 is 17.2 Å². The van der Waals surface area contributed by atoms with Gasteiger partial charge in [0.05, 0.1) is 19.3 Å². The molecule has 1 saturated heterocycles. The van der Waals surface area contributed by atoms with Crippen molar-refractivity contribution in [1.29, 1.82) is 0 Å². The Labute approximate surface area is 145 Å². The third kappa shape index (κ3) is 3.99. The number of hydrogen-bond acceptors (Lipinski definition) is 4. The fraction of sp³-hybridized carbons (Fsp3) is 0.706. The molecule has 0 N–H and O–H groups in total. The molecule has 0 radical (unpaired) electrons. The van der Waals surface area contributed by atoms with E-state index in [1.807, 2.05) is 0 Å². The molecule has 3 rings (SSSR count). The molecule has 2 fully saturated rings. The fourth-order valence-electron chi connectivity index (χ4n) is 3.38. The second kappa shape index (κ2) is 6.72. The van der Waals surface area contributed by atoms with Crippen LogP contribution in [-0.4, -0.2) is 64.3 Å². The minimum Gasteiger partial charge on any atom is -0.364 e. The third-order valence-corrected chi connectivity index (χ3v) is 4.96. The molecule has 2 amide bonds. The van der Waals surface area contributed by atoms with E-state index in [-0.39, 0.29) is 51.3 Å². The standard InChI is InChI=1S/C17H23F2N3O3/c1-16(18)11-21(14(23)4-3-13-9-20-25-10-13)7-8-22(12-16)15(24)17(19)5-2-6-17/h9-10H,2-8,11-12H2,1H3. The number of carbonyl (C=O) groups is 2. The monoisotopic (exact) mass is 355 g/mol. The number of amides is 2. The zero-order valence-corrected chi connectivity index (χ0v) is 14.3. The summed E-state index contributed by atoms with van der Waals surface area (Å²) < 4.78 is 34.0. The first-order valence-corrected chi connectivity index (χ1v) is 8.62. The second-order valence-corrected chi connectivity index (χ2v) is 7.31. The summed E-state index contributed by atoms with van der Waals surface area (Å²) >= 11 is 0. The minimum atomic E-state index is -1.84. The molecular weight excluding hydrogens is 332 g/mol. The molecule has 2 heterocycles. The number of nitrogens with zero attached hydrogens (tertiary/aromatic N) is 3. The van der Waals surface area contributed by atoms with Crippen LogP contribution in [-0.2, 0) is 16.0 Å². The third-order valence-electron chi connectivity index (χ3n) is 4.96. The van der Waals surface area contributed by atoms with Crippen molar-refractivity contribution in [2.75, 3.05) is 26.2 Å². The maximum Gasteiger partial charge on any atom is 0.260 e. The first-order valence-electron chi connectivity index (χ1n) is 8.62. The van der Waals surface area contributed by atoms with E-state index in [0.29, 0.717) is 12.8 Å². The Balaban J connectivity index is 1.61. The van der Waals surface area contributed by atoms with Gasteiger partial charge in [0.1, 0.15) is 11.9 Å². The Morgan fingerprint density at radius 3 is 2.52 bits per heavy atom. The highest BCUT2D eigenvalue weighted by atomic mass is 19.1. The molecule has 0 spiro atoms. The van der Waals surface area contributed by atoms with Crippen molar-refractivity contribution in [3.63, 3.8) is 0 Å². The highest BCUT2D eigenvalue weighted by molar-refractivity contribution is 5.86. The summed E-state index contributed by atoms with van der Waals surface area (Å²) in [6, 6.07) is 0. The summed E-state index contributed by atoms with van der Waals surface area (Å²) in [7, 11) is 0. The zero-order chi connectivity index (χ0) is 18.1. The molecule has 0 aromatic carbocycles. The van der Waals surface area contributed by atoms with E-state index in [0.717, 1.165) is 5.56 Å². The molecule has 6 nitrogen and oxygen atoms in total. The van der Waals surface area contributed by atoms with Crippen LogP contribution >= 0.6 is 0 Å². The van der Waals surface area contributed by atoms with Crippen LogP contribution in [0.5, 0.6) is 0 Å². The van der Waals surface area contributed by atoms with Gasteiger partial charge in [0.15, 0.2) is 5.67 Å². The average molecular weight is 355 g/mol. The Bertz CT molecular complexity index is 629. The second-order valence-electron chi connectivity index (χ2n) is 7.31. The van der Waals surface area contributed by atoms with Crippen molar-refractivity contribution in [3.05, 3.63) is 18.0 Å². The summed E-state index contributed by atoms with van der Waals surface area (Å²) in [4.78, 5) is 27.4. The summed E-state index contributed by atoms with van der Waals surface area (Å²) in [5, 5.41) is 3.58. The number of rotatable bonds is 4. The molecule has 1 aliphatic carbocycles. The normalized spacial score (nSPS) is 26.0. The van der Waals surface area contributed by atoms with Gasteiger partial charge in [0, 0.05) is 25.1 Å². The molecular formula is C17H23F2N3O3. The van der Waals surface area contributed by atoms with Gasteiger partial charge in [-0.2, -0.15) is 0 Å². The van der Waals surface area contributed by atoms with Gasteiger partial charge >= 0.3 is 0 Å². The van der Waals surface area contributed by atoms with Crippen LogP contribution in [0.4, 0.5) is 8.78 Å². The van der Waals surface area contributed by atoms with Gasteiger partial charge < -0.3 is 14.3 Å². The van der Waals surface area contributed by atoms with Crippen LogP contribution in [0.3, 0.4) is 0 Å². The lowest BCUT2D eigenvalue weighted by Crippen LogP contribution is -2.53. The smallest absolute Gasteiger partial charge is 0.260 e. The molecule has 1 aromatic rings. The van der Waals surface area contributed by atoms with E-state index in [2.05, 4.69) is 5.16 Å². The average Bonchev–Trinajstić information content (AvgIpc) is 2.99. The SMILES string of the molecule is CC1(F)CN(C(=O)CCc2cnoc2)CCN(C(=O)C2(F)CCC2)C1. The lowest BCUT2D eigenvalue weighted by molar-refractivity contribution is -0.151. The summed E-state index contributed by atoms with van der Waals surface area (Å²) in [6.07, 6.45) is 4.75. The van der Waals surface area contributed by atoms with Crippen molar-refractivity contribution >= 4 is 11.8 Å². The van der Waals surface area contributed by atoms with Crippen LogP contribution in [0.2, 0.25) is 0 Å². The number of hydrogen-bond donors (Lipinski definition) is 0. The van der Waals surface area contributed by atoms with Gasteiger partial charge in [-0.3, -0.25) is 9.59 Å². The number of aryl methyl sites for hydroxylation is 1. The zero-order valence-electron chi connectivity index (χ0n) is 14.3. The predicted octanol–water partition coefficient (Wildman–Crippen LogP) is 1.90. The maximum atomic E-state index is 14.8. The molecule has 138 valence electrons. The molecule has 1 atom stereocenters. The van der Waals surface area contributed by atoms with E-state index in [1.165, 1.54) is 29.2 Å². The van der Waals surface area contributed by atoms with Crippen LogP contribution in [0, 0.1) is 0 Å². The summed E-state index contributed by atoms with van der Waals surface area (Å²) in [5.74, 6) is -0.834. The van der Waals surface area contributed by atoms with Gasteiger partial charge in [0.2, 0.25) is 5.91 Å². The van der Waals surface area contributed by atoms with E-state index >= 15 is 0 Å². The molecule has 1 saturated carbocycles. The quantitative estimate of drug-likeness (QED) is 0.827. The fourth-order valence-corrected chi connectivity index (χ4v) is 3.38. The van der Waals surface area contributed by atoms with Crippen LogP contribution in [0.15, 0.2) is 17.0 Å². The van der Waals surface area contributed by atoms with Gasteiger partial charge in [-0.25, -0.2) is 8.78 Å². The van der Waals surface area contributed by atoms with Crippen LogP contribution in [0.25, 0.3) is 0 Å². The molecule has 25 heavy (non-hydrogen) atoms. The largest absolute Gasteiger partial charge is 0.364 e. The molecule has 0 bridgehead atoms. The topological polar surface area (TPSA) is 66.7 Å². The molecule has 8 heteroatoms. The Kier molecular flexibility index (Phi) is 4.79. The Morgan fingerprint density at radius 2 is 1.92 bits per heavy atom. The van der Waals surface area contributed by atoms with Crippen molar-refractivity contribution in [1.82, 2.24) is 15.0 Å². The highest BCUT2D eigenvalue weighted by Gasteiger charge is 2.49. The molecule has 2 aliphatic rings.